The maximum atomic E-state index is 4.58. The summed E-state index contributed by atoms with van der Waals surface area (Å²) in [5.74, 6) is 1.02. The Bertz CT molecular complexity index is 604. The highest BCUT2D eigenvalue weighted by Crippen LogP contribution is 2.26. The summed E-state index contributed by atoms with van der Waals surface area (Å²) in [6.07, 6.45) is 3.92. The lowest BCUT2D eigenvalue weighted by atomic mass is 10.0. The van der Waals surface area contributed by atoms with Crippen LogP contribution in [0.15, 0.2) is 17.8 Å². The second-order valence-electron chi connectivity index (χ2n) is 5.62. The van der Waals surface area contributed by atoms with Crippen LogP contribution in [0, 0.1) is 13.8 Å². The van der Waals surface area contributed by atoms with Gasteiger partial charge in [0.15, 0.2) is 5.13 Å². The lowest BCUT2D eigenvalue weighted by molar-refractivity contribution is 0.479. The Balaban J connectivity index is 1.63. The molecule has 3 rings (SSSR count). The number of anilines is 2. The van der Waals surface area contributed by atoms with Gasteiger partial charge in [-0.05, 0) is 26.7 Å². The Labute approximate surface area is 129 Å². The molecule has 0 aliphatic carbocycles. The smallest absolute Gasteiger partial charge is 0.185 e. The van der Waals surface area contributed by atoms with Crippen molar-refractivity contribution < 1.29 is 0 Å². The Hall–Kier alpha value is -1.69. The van der Waals surface area contributed by atoms with E-state index in [1.807, 2.05) is 6.92 Å². The maximum Gasteiger partial charge on any atom is 0.185 e. The Morgan fingerprint density at radius 2 is 1.95 bits per heavy atom. The van der Waals surface area contributed by atoms with Gasteiger partial charge in [-0.3, -0.25) is 0 Å². The molecular formula is C15H21N5S. The molecule has 0 saturated carbocycles. The zero-order valence-corrected chi connectivity index (χ0v) is 13.6. The molecule has 0 spiro atoms. The molecule has 0 radical (unpaired) electrons. The fraction of sp³-hybridized carbons (Fsp3) is 0.533. The molecule has 6 heteroatoms. The van der Waals surface area contributed by atoms with Gasteiger partial charge >= 0.3 is 0 Å². The number of hydrogen-bond acceptors (Lipinski definition) is 6. The summed E-state index contributed by atoms with van der Waals surface area (Å²) in [5.41, 5.74) is 2.13. The Morgan fingerprint density at radius 3 is 2.57 bits per heavy atom. The average Bonchev–Trinajstić information content (AvgIpc) is 2.93. The third-order valence-electron chi connectivity index (χ3n) is 4.04. The number of rotatable bonds is 3. The average molecular weight is 303 g/mol. The predicted molar refractivity (Wildman–Crippen MR) is 87.3 cm³/mol. The van der Waals surface area contributed by atoms with Crippen LogP contribution < -0.4 is 9.80 Å². The summed E-state index contributed by atoms with van der Waals surface area (Å²) in [5, 5.41) is 3.28. The SMILES string of the molecule is Cc1cc(N(C)C2CCN(c3nc(C)cs3)CC2)ncn1. The van der Waals surface area contributed by atoms with E-state index < -0.39 is 0 Å². The van der Waals surface area contributed by atoms with Crippen molar-refractivity contribution in [1.82, 2.24) is 15.0 Å². The van der Waals surface area contributed by atoms with Crippen LogP contribution in [-0.4, -0.2) is 41.1 Å². The third-order valence-corrected chi connectivity index (χ3v) is 5.06. The molecule has 0 unspecified atom stereocenters. The van der Waals surface area contributed by atoms with Crippen molar-refractivity contribution in [2.45, 2.75) is 32.7 Å². The van der Waals surface area contributed by atoms with Crippen molar-refractivity contribution >= 4 is 22.3 Å². The molecule has 1 saturated heterocycles. The van der Waals surface area contributed by atoms with Crippen LogP contribution in [-0.2, 0) is 0 Å². The highest BCUT2D eigenvalue weighted by Gasteiger charge is 2.24. The molecule has 1 aliphatic heterocycles. The fourth-order valence-electron chi connectivity index (χ4n) is 2.75. The van der Waals surface area contributed by atoms with E-state index in [0.29, 0.717) is 6.04 Å². The largest absolute Gasteiger partial charge is 0.356 e. The van der Waals surface area contributed by atoms with Gasteiger partial charge in [-0.1, -0.05) is 0 Å². The zero-order chi connectivity index (χ0) is 14.8. The Kier molecular flexibility index (Phi) is 4.05. The highest BCUT2D eigenvalue weighted by atomic mass is 32.1. The minimum absolute atomic E-state index is 0.539. The first-order chi connectivity index (χ1) is 10.1. The number of hydrogen-bond donors (Lipinski definition) is 0. The summed E-state index contributed by atoms with van der Waals surface area (Å²) >= 11 is 1.74. The molecule has 21 heavy (non-hydrogen) atoms. The molecule has 0 N–H and O–H groups in total. The van der Waals surface area contributed by atoms with Crippen LogP contribution in [0.5, 0.6) is 0 Å². The molecule has 1 aliphatic rings. The number of nitrogens with zero attached hydrogens (tertiary/aromatic N) is 5. The van der Waals surface area contributed by atoms with Crippen LogP contribution in [0.4, 0.5) is 10.9 Å². The van der Waals surface area contributed by atoms with Gasteiger partial charge in [-0.15, -0.1) is 11.3 Å². The second-order valence-corrected chi connectivity index (χ2v) is 6.45. The molecule has 2 aromatic heterocycles. The first kappa shape index (κ1) is 14.3. The van der Waals surface area contributed by atoms with Crippen molar-refractivity contribution in [3.05, 3.63) is 29.2 Å². The van der Waals surface area contributed by atoms with E-state index >= 15 is 0 Å². The molecule has 5 nitrogen and oxygen atoms in total. The number of aromatic nitrogens is 3. The van der Waals surface area contributed by atoms with Gasteiger partial charge in [0, 0.05) is 43.3 Å². The standard InChI is InChI=1S/C15H21N5S/c1-11-8-14(17-10-16-11)19(3)13-4-6-20(7-5-13)15-18-12(2)9-21-15/h8-10,13H,4-7H2,1-3H3. The molecule has 0 atom stereocenters. The summed E-state index contributed by atoms with van der Waals surface area (Å²) in [6.45, 7) is 6.18. The van der Waals surface area contributed by atoms with E-state index in [9.17, 15) is 0 Å². The minimum atomic E-state index is 0.539. The van der Waals surface area contributed by atoms with Gasteiger partial charge in [0.2, 0.25) is 0 Å². The first-order valence-electron chi connectivity index (χ1n) is 7.32. The van der Waals surface area contributed by atoms with Gasteiger partial charge in [-0.2, -0.15) is 0 Å². The third kappa shape index (κ3) is 3.15. The van der Waals surface area contributed by atoms with Crippen molar-refractivity contribution in [2.75, 3.05) is 29.9 Å². The quantitative estimate of drug-likeness (QED) is 0.872. The molecule has 1 fully saturated rings. The molecule has 0 bridgehead atoms. The molecule has 3 heterocycles. The van der Waals surface area contributed by atoms with Gasteiger partial charge < -0.3 is 9.80 Å². The minimum Gasteiger partial charge on any atom is -0.356 e. The zero-order valence-electron chi connectivity index (χ0n) is 12.8. The van der Waals surface area contributed by atoms with E-state index in [-0.39, 0.29) is 0 Å². The summed E-state index contributed by atoms with van der Waals surface area (Å²) in [7, 11) is 2.13. The van der Waals surface area contributed by atoms with Gasteiger partial charge in [0.1, 0.15) is 12.1 Å². The van der Waals surface area contributed by atoms with E-state index in [2.05, 4.69) is 50.2 Å². The normalized spacial score (nSPS) is 16.2. The second kappa shape index (κ2) is 5.97. The van der Waals surface area contributed by atoms with Crippen LogP contribution in [0.1, 0.15) is 24.2 Å². The first-order valence-corrected chi connectivity index (χ1v) is 8.20. The number of thiazole rings is 1. The lowest BCUT2D eigenvalue weighted by Crippen LogP contribution is -2.43. The van der Waals surface area contributed by atoms with E-state index in [1.165, 1.54) is 0 Å². The van der Waals surface area contributed by atoms with Crippen molar-refractivity contribution in [3.63, 3.8) is 0 Å². The van der Waals surface area contributed by atoms with E-state index in [0.717, 1.165) is 48.3 Å². The summed E-state index contributed by atoms with van der Waals surface area (Å²) < 4.78 is 0. The van der Waals surface area contributed by atoms with Gasteiger partial charge in [-0.25, -0.2) is 15.0 Å². The van der Waals surface area contributed by atoms with Crippen LogP contribution in [0.3, 0.4) is 0 Å². The number of piperidine rings is 1. The van der Waals surface area contributed by atoms with Crippen LogP contribution >= 0.6 is 11.3 Å². The monoisotopic (exact) mass is 303 g/mol. The van der Waals surface area contributed by atoms with Crippen LogP contribution in [0.2, 0.25) is 0 Å². The summed E-state index contributed by atoms with van der Waals surface area (Å²) in [6, 6.07) is 2.59. The van der Waals surface area contributed by atoms with Gasteiger partial charge in [0.05, 0.1) is 5.69 Å². The molecule has 0 amide bonds. The van der Waals surface area contributed by atoms with E-state index in [4.69, 9.17) is 0 Å². The summed E-state index contributed by atoms with van der Waals surface area (Å²) in [4.78, 5) is 17.8. The molecule has 2 aromatic rings. The van der Waals surface area contributed by atoms with Gasteiger partial charge in [0.25, 0.3) is 0 Å². The van der Waals surface area contributed by atoms with Crippen molar-refractivity contribution in [3.8, 4) is 0 Å². The van der Waals surface area contributed by atoms with Crippen molar-refractivity contribution in [2.24, 2.45) is 0 Å². The van der Waals surface area contributed by atoms with E-state index in [1.54, 1.807) is 17.7 Å². The van der Waals surface area contributed by atoms with Crippen molar-refractivity contribution in [1.29, 1.82) is 0 Å². The predicted octanol–water partition coefficient (Wildman–Crippen LogP) is 2.66. The van der Waals surface area contributed by atoms with Crippen LogP contribution in [0.25, 0.3) is 0 Å². The topological polar surface area (TPSA) is 45.2 Å². The molecular weight excluding hydrogens is 282 g/mol. The molecule has 112 valence electrons. The lowest BCUT2D eigenvalue weighted by Gasteiger charge is -2.37. The Morgan fingerprint density at radius 1 is 1.19 bits per heavy atom. The highest BCUT2D eigenvalue weighted by molar-refractivity contribution is 7.13. The number of aryl methyl sites for hydroxylation is 2. The maximum absolute atomic E-state index is 4.58. The molecule has 0 aromatic carbocycles. The fourth-order valence-corrected chi connectivity index (χ4v) is 3.61.